The summed E-state index contributed by atoms with van der Waals surface area (Å²) in [7, 11) is 0. The number of piperidine rings is 1. The molecule has 2 unspecified atom stereocenters. The Morgan fingerprint density at radius 2 is 2.14 bits per heavy atom. The van der Waals surface area contributed by atoms with Crippen LogP contribution < -0.4 is 15.5 Å². The Morgan fingerprint density at radius 3 is 2.93 bits per heavy atom. The molecule has 3 heterocycles. The predicted molar refractivity (Wildman–Crippen MR) is 111 cm³/mol. The number of nitrogens with one attached hydrogen (secondary N) is 2. The summed E-state index contributed by atoms with van der Waals surface area (Å²) in [6, 6.07) is 9.94. The molecule has 5 rings (SSSR count). The molecular weight excluding hydrogens is 364 g/mol. The molecule has 2 N–H and O–H groups in total. The van der Waals surface area contributed by atoms with Crippen LogP contribution in [0.5, 0.6) is 0 Å². The van der Waals surface area contributed by atoms with E-state index in [4.69, 9.17) is 0 Å². The molecule has 148 valence electrons. The average Bonchev–Trinajstić information content (AvgIpc) is 3.07. The summed E-state index contributed by atoms with van der Waals surface area (Å²) in [5.41, 5.74) is 4.06. The Bertz CT molecular complexity index is 960. The minimum Gasteiger partial charge on any atom is -0.371 e. The second-order valence-corrected chi connectivity index (χ2v) is 8.12. The summed E-state index contributed by atoms with van der Waals surface area (Å²) in [5.74, 6) is 2.15. The van der Waals surface area contributed by atoms with E-state index in [1.165, 1.54) is 5.69 Å². The van der Waals surface area contributed by atoms with E-state index in [0.29, 0.717) is 12.5 Å². The van der Waals surface area contributed by atoms with Crippen molar-refractivity contribution in [1.29, 1.82) is 0 Å². The maximum atomic E-state index is 12.0. The Hall–Kier alpha value is -3.15. The molecule has 3 aliphatic rings. The quantitative estimate of drug-likeness (QED) is 0.745. The van der Waals surface area contributed by atoms with Gasteiger partial charge >= 0.3 is 0 Å². The van der Waals surface area contributed by atoms with E-state index in [-0.39, 0.29) is 11.8 Å². The first-order valence-electron chi connectivity index (χ1n) is 10.2. The number of anilines is 1. The average molecular weight is 388 g/mol. The fraction of sp³-hybridized carbons (Fsp3) is 0.348. The smallest absolute Gasteiger partial charge is 0.251 e. The molecule has 2 amide bonds. The predicted octanol–water partition coefficient (Wildman–Crippen LogP) is 2.23. The van der Waals surface area contributed by atoms with Crippen LogP contribution >= 0.6 is 0 Å². The van der Waals surface area contributed by atoms with E-state index >= 15 is 0 Å². The van der Waals surface area contributed by atoms with Crippen molar-refractivity contribution in [1.82, 2.24) is 15.6 Å². The van der Waals surface area contributed by atoms with E-state index in [0.717, 1.165) is 54.6 Å². The maximum absolute atomic E-state index is 12.0. The molecule has 29 heavy (non-hydrogen) atoms. The summed E-state index contributed by atoms with van der Waals surface area (Å²) >= 11 is 0. The second-order valence-electron chi connectivity index (χ2n) is 8.12. The molecule has 0 bridgehead atoms. The van der Waals surface area contributed by atoms with Crippen molar-refractivity contribution < 1.29 is 9.59 Å². The lowest BCUT2D eigenvalue weighted by Gasteiger charge is -2.22. The first-order chi connectivity index (χ1) is 14.2. The number of hydrogen-bond acceptors (Lipinski definition) is 4. The molecule has 2 fully saturated rings. The standard InChI is InChI=1S/C23H24N4O2/c28-22(6-3-15-2-1-8-24-11-15)25-9-7-19-20-13-27(14-21(19)20)17-4-5-18-16(10-17)12-26-23(18)29/h1-6,8,10-11,19-21H,7,9,12-14H2,(H,25,28)(H,26,29)/b6-3+. The highest BCUT2D eigenvalue weighted by Gasteiger charge is 2.54. The molecule has 1 aromatic carbocycles. The third-order valence-corrected chi connectivity index (χ3v) is 6.40. The van der Waals surface area contributed by atoms with Gasteiger partial charge in [-0.25, -0.2) is 0 Å². The summed E-state index contributed by atoms with van der Waals surface area (Å²) in [4.78, 5) is 30.1. The lowest BCUT2D eigenvalue weighted by molar-refractivity contribution is -0.116. The van der Waals surface area contributed by atoms with E-state index in [1.807, 2.05) is 18.2 Å². The summed E-state index contributed by atoms with van der Waals surface area (Å²) < 4.78 is 0. The summed E-state index contributed by atoms with van der Waals surface area (Å²) in [5, 5.41) is 5.87. The Morgan fingerprint density at radius 1 is 1.28 bits per heavy atom. The fourth-order valence-corrected chi connectivity index (χ4v) is 4.77. The van der Waals surface area contributed by atoms with Crippen molar-refractivity contribution in [2.24, 2.45) is 17.8 Å². The van der Waals surface area contributed by atoms with Crippen LogP contribution in [0.15, 0.2) is 48.8 Å². The SMILES string of the molecule is O=C(/C=C/c1cccnc1)NCCC1C2CN(c3ccc4c(c3)CNC4=O)CC12. The van der Waals surface area contributed by atoms with Crippen LogP contribution in [0.4, 0.5) is 5.69 Å². The summed E-state index contributed by atoms with van der Waals surface area (Å²) in [6.07, 6.45) is 7.84. The van der Waals surface area contributed by atoms with E-state index in [2.05, 4.69) is 32.7 Å². The number of hydrogen-bond donors (Lipinski definition) is 2. The lowest BCUT2D eigenvalue weighted by Crippen LogP contribution is -2.26. The number of carbonyl (C=O) groups is 2. The van der Waals surface area contributed by atoms with Crippen LogP contribution in [0.2, 0.25) is 0 Å². The molecule has 2 aromatic rings. The van der Waals surface area contributed by atoms with Gasteiger partial charge in [-0.15, -0.1) is 0 Å². The number of fused-ring (bicyclic) bond motifs is 2. The normalized spacial score (nSPS) is 24.3. The van der Waals surface area contributed by atoms with Gasteiger partial charge in [0.05, 0.1) is 0 Å². The molecule has 6 nitrogen and oxygen atoms in total. The van der Waals surface area contributed by atoms with Crippen LogP contribution in [0.25, 0.3) is 6.08 Å². The first kappa shape index (κ1) is 17.9. The Kier molecular flexibility index (Phi) is 4.54. The highest BCUT2D eigenvalue weighted by Crippen LogP contribution is 2.54. The van der Waals surface area contributed by atoms with Gasteiger partial charge in [0.15, 0.2) is 0 Å². The van der Waals surface area contributed by atoms with Crippen molar-refractivity contribution in [3.05, 3.63) is 65.5 Å². The van der Waals surface area contributed by atoms with Gasteiger partial charge in [0, 0.05) is 55.9 Å². The van der Waals surface area contributed by atoms with Crippen LogP contribution in [0, 0.1) is 17.8 Å². The van der Waals surface area contributed by atoms with Gasteiger partial charge in [-0.3, -0.25) is 14.6 Å². The van der Waals surface area contributed by atoms with E-state index in [9.17, 15) is 9.59 Å². The third-order valence-electron chi connectivity index (χ3n) is 6.40. The van der Waals surface area contributed by atoms with Crippen LogP contribution in [-0.2, 0) is 11.3 Å². The number of amides is 2. The monoisotopic (exact) mass is 388 g/mol. The number of rotatable bonds is 6. The van der Waals surface area contributed by atoms with Crippen molar-refractivity contribution in [3.8, 4) is 0 Å². The Labute approximate surface area is 170 Å². The minimum absolute atomic E-state index is 0.0354. The zero-order valence-electron chi connectivity index (χ0n) is 16.2. The first-order valence-corrected chi connectivity index (χ1v) is 10.2. The van der Waals surface area contributed by atoms with Gasteiger partial charge in [0.2, 0.25) is 5.91 Å². The van der Waals surface area contributed by atoms with Crippen LogP contribution in [0.1, 0.15) is 27.9 Å². The number of pyridine rings is 1. The molecule has 6 heteroatoms. The molecule has 1 aromatic heterocycles. The van der Waals surface area contributed by atoms with Crippen molar-refractivity contribution in [2.45, 2.75) is 13.0 Å². The fourth-order valence-electron chi connectivity index (χ4n) is 4.77. The molecule has 0 radical (unpaired) electrons. The third kappa shape index (κ3) is 3.62. The highest BCUT2D eigenvalue weighted by molar-refractivity contribution is 5.98. The van der Waals surface area contributed by atoms with Crippen molar-refractivity contribution >= 4 is 23.6 Å². The van der Waals surface area contributed by atoms with Gasteiger partial charge in [-0.05, 0) is 65.6 Å². The maximum Gasteiger partial charge on any atom is 0.251 e. The molecule has 2 aliphatic heterocycles. The summed E-state index contributed by atoms with van der Waals surface area (Å²) in [6.45, 7) is 3.51. The largest absolute Gasteiger partial charge is 0.371 e. The van der Waals surface area contributed by atoms with E-state index in [1.54, 1.807) is 24.5 Å². The van der Waals surface area contributed by atoms with Gasteiger partial charge in [-0.1, -0.05) is 6.07 Å². The second kappa shape index (κ2) is 7.35. The van der Waals surface area contributed by atoms with Crippen LogP contribution in [-0.4, -0.2) is 36.4 Å². The van der Waals surface area contributed by atoms with Gasteiger partial charge in [0.1, 0.15) is 0 Å². The molecule has 1 saturated carbocycles. The number of aromatic nitrogens is 1. The molecular formula is C23H24N4O2. The minimum atomic E-state index is -0.0532. The molecule has 0 spiro atoms. The van der Waals surface area contributed by atoms with Gasteiger partial charge in [0.25, 0.3) is 5.91 Å². The zero-order chi connectivity index (χ0) is 19.8. The van der Waals surface area contributed by atoms with Gasteiger partial charge in [-0.2, -0.15) is 0 Å². The number of benzene rings is 1. The zero-order valence-corrected chi connectivity index (χ0v) is 16.2. The Balaban J connectivity index is 1.06. The van der Waals surface area contributed by atoms with Crippen molar-refractivity contribution in [2.75, 3.05) is 24.5 Å². The number of carbonyl (C=O) groups excluding carboxylic acids is 2. The lowest BCUT2D eigenvalue weighted by atomic mass is 10.1. The van der Waals surface area contributed by atoms with Gasteiger partial charge < -0.3 is 15.5 Å². The molecule has 1 aliphatic carbocycles. The number of nitrogens with zero attached hydrogens (tertiary/aromatic N) is 2. The topological polar surface area (TPSA) is 74.3 Å². The molecule has 1 saturated heterocycles. The molecule has 2 atom stereocenters. The van der Waals surface area contributed by atoms with Crippen LogP contribution in [0.3, 0.4) is 0 Å². The van der Waals surface area contributed by atoms with E-state index < -0.39 is 0 Å². The van der Waals surface area contributed by atoms with Crippen molar-refractivity contribution in [3.63, 3.8) is 0 Å². The highest BCUT2D eigenvalue weighted by atomic mass is 16.2.